The predicted octanol–water partition coefficient (Wildman–Crippen LogP) is 5.76. The molecule has 2 rings (SSSR count). The van der Waals surface area contributed by atoms with E-state index < -0.39 is 0 Å². The van der Waals surface area contributed by atoms with Gasteiger partial charge in [-0.2, -0.15) is 12.2 Å². The average molecular weight is 349 g/mol. The van der Waals surface area contributed by atoms with Gasteiger partial charge >= 0.3 is 37.6 Å². The van der Waals surface area contributed by atoms with Crippen molar-refractivity contribution in [1.29, 1.82) is 0 Å². The van der Waals surface area contributed by atoms with Crippen LogP contribution in [-0.4, -0.2) is 3.81 Å². The first-order valence-corrected chi connectivity index (χ1v) is 7.42. The number of hydrogen-bond donors (Lipinski definition) is 0. The summed E-state index contributed by atoms with van der Waals surface area (Å²) in [6.07, 6.45) is 19.3. The topological polar surface area (TPSA) is 0 Å². The van der Waals surface area contributed by atoms with Crippen LogP contribution in [0.2, 0.25) is 0 Å². The van der Waals surface area contributed by atoms with E-state index in [0.717, 1.165) is 25.7 Å². The summed E-state index contributed by atoms with van der Waals surface area (Å²) in [5, 5.41) is 0. The Bertz CT molecular complexity index is 329. The molecule has 2 aliphatic carbocycles. The zero-order chi connectivity index (χ0) is 13.8. The van der Waals surface area contributed by atoms with Crippen LogP contribution in [0.4, 0.5) is 0 Å². The van der Waals surface area contributed by atoms with Crippen molar-refractivity contribution >= 4 is 28.6 Å². The fourth-order valence-electron chi connectivity index (χ4n) is 1.39. The summed E-state index contributed by atoms with van der Waals surface area (Å²) in [6, 6.07) is 0. The molecule has 3 heteroatoms. The monoisotopic (exact) mass is 348 g/mol. The summed E-state index contributed by atoms with van der Waals surface area (Å²) in [6.45, 7) is 8.47. The van der Waals surface area contributed by atoms with E-state index in [4.69, 9.17) is 0 Å². The van der Waals surface area contributed by atoms with Crippen LogP contribution in [-0.2, 0) is 20.0 Å². The third kappa shape index (κ3) is 16.2. The maximum Gasteiger partial charge on any atom is -0.147 e. The first-order chi connectivity index (χ1) is 8.60. The summed E-state index contributed by atoms with van der Waals surface area (Å²) in [5.74, 6) is 0. The van der Waals surface area contributed by atoms with Crippen LogP contribution in [0.15, 0.2) is 35.5 Å². The Hall–Kier alpha value is 0.124. The van der Waals surface area contributed by atoms with E-state index in [1.807, 2.05) is 0 Å². The van der Waals surface area contributed by atoms with Crippen LogP contribution in [0.3, 0.4) is 0 Å². The summed E-state index contributed by atoms with van der Waals surface area (Å²) in [4.78, 5) is 0. The summed E-state index contributed by atoms with van der Waals surface area (Å²) < 4.78 is 1.42. The molecule has 0 N–H and O–H groups in total. The molecule has 0 radical (unpaired) electrons. The van der Waals surface area contributed by atoms with Crippen molar-refractivity contribution in [2.24, 2.45) is 0 Å². The fourth-order valence-corrected chi connectivity index (χ4v) is 1.39. The van der Waals surface area contributed by atoms with Gasteiger partial charge in [0.25, 0.3) is 0 Å². The molecule has 0 spiro atoms. The van der Waals surface area contributed by atoms with Gasteiger partial charge in [0.2, 0.25) is 0 Å². The number of allylic oxidation sites excluding steroid dienone is 8. The minimum Gasteiger partial charge on any atom is -0.147 e. The Balaban J connectivity index is -0.000000215. The van der Waals surface area contributed by atoms with E-state index in [9.17, 15) is 0 Å². The van der Waals surface area contributed by atoms with Crippen LogP contribution in [0.1, 0.15) is 53.4 Å². The van der Waals surface area contributed by atoms with Crippen LogP contribution < -0.4 is 0 Å². The van der Waals surface area contributed by atoms with Gasteiger partial charge in [-0.3, -0.25) is 12.2 Å². The van der Waals surface area contributed by atoms with Gasteiger partial charge in [-0.25, -0.2) is 23.3 Å². The van der Waals surface area contributed by atoms with E-state index in [2.05, 4.69) is 84.1 Å². The molecule has 0 saturated carbocycles. The molecule has 0 heterocycles. The van der Waals surface area contributed by atoms with Crippen molar-refractivity contribution in [2.75, 3.05) is 0 Å². The molecule has 0 amide bonds. The summed E-state index contributed by atoms with van der Waals surface area (Å²) in [5.41, 5.74) is 2.72. The Morgan fingerprint density at radius 3 is 1.35 bits per heavy atom. The average Bonchev–Trinajstić information content (AvgIpc) is 3.02. The van der Waals surface area contributed by atoms with Gasteiger partial charge < -0.3 is 0 Å². The standard InChI is InChI=1S/2C7H9.C3H6.2ClH.Ti/c2*1-2-7-5-3-4-6-7;1-3-2;;;/h2*3,5H,2,4H2,1H3;1-2H3;2*1H;/q2*-1;;;;+2. The van der Waals surface area contributed by atoms with Gasteiger partial charge in [-0.05, 0) is 0 Å². The van der Waals surface area contributed by atoms with Gasteiger partial charge in [-0.15, -0.1) is 37.7 Å². The molecule has 0 saturated heterocycles. The first-order valence-electron chi connectivity index (χ1n) is 6.64. The van der Waals surface area contributed by atoms with E-state index >= 15 is 0 Å². The van der Waals surface area contributed by atoms with Crippen molar-refractivity contribution in [1.82, 2.24) is 0 Å². The minimum atomic E-state index is 0. The van der Waals surface area contributed by atoms with E-state index in [1.165, 1.54) is 15.0 Å². The maximum absolute atomic E-state index is 3.21. The van der Waals surface area contributed by atoms with Crippen LogP contribution in [0.25, 0.3) is 0 Å². The summed E-state index contributed by atoms with van der Waals surface area (Å²) >= 11 is 2.08. The molecular formula is C17H26Cl2Ti. The van der Waals surface area contributed by atoms with Crippen LogP contribution in [0.5, 0.6) is 0 Å². The van der Waals surface area contributed by atoms with Crippen molar-refractivity contribution in [2.45, 2.75) is 53.4 Å². The van der Waals surface area contributed by atoms with E-state index in [0.29, 0.717) is 0 Å². The van der Waals surface area contributed by atoms with E-state index in [-0.39, 0.29) is 24.8 Å². The van der Waals surface area contributed by atoms with Crippen LogP contribution in [0, 0.1) is 12.2 Å². The zero-order valence-corrected chi connectivity index (χ0v) is 16.1. The quantitative estimate of drug-likeness (QED) is 0.439. The second kappa shape index (κ2) is 17.2. The van der Waals surface area contributed by atoms with Crippen molar-refractivity contribution in [3.63, 3.8) is 0 Å². The molecule has 2 aliphatic rings. The number of rotatable bonds is 2. The number of halogens is 2. The van der Waals surface area contributed by atoms with Gasteiger partial charge in [-0.1, -0.05) is 26.7 Å². The Morgan fingerprint density at radius 1 is 0.950 bits per heavy atom. The number of hydrogen-bond acceptors (Lipinski definition) is 0. The van der Waals surface area contributed by atoms with Crippen molar-refractivity contribution in [3.8, 4) is 0 Å². The Morgan fingerprint density at radius 2 is 1.25 bits per heavy atom. The molecular weight excluding hydrogens is 323 g/mol. The maximum atomic E-state index is 3.21. The molecule has 0 nitrogen and oxygen atoms in total. The zero-order valence-electron chi connectivity index (χ0n) is 13.0. The molecule has 0 aromatic heterocycles. The van der Waals surface area contributed by atoms with Crippen molar-refractivity contribution in [3.05, 3.63) is 47.6 Å². The second-order valence-corrected chi connectivity index (χ2v) is 5.89. The molecule has 0 bridgehead atoms. The largest absolute Gasteiger partial charge is 0.147 e. The van der Waals surface area contributed by atoms with Crippen LogP contribution >= 0.6 is 24.8 Å². The molecule has 0 aromatic carbocycles. The minimum absolute atomic E-state index is 0. The molecule has 0 aromatic rings. The van der Waals surface area contributed by atoms with Gasteiger partial charge in [0.15, 0.2) is 0 Å². The fraction of sp³-hybridized carbons (Fsp3) is 0.471. The molecule has 0 fully saturated rings. The van der Waals surface area contributed by atoms with Gasteiger partial charge in [0.1, 0.15) is 0 Å². The van der Waals surface area contributed by atoms with E-state index in [1.54, 1.807) is 0 Å². The third-order valence-electron chi connectivity index (χ3n) is 2.29. The molecule has 20 heavy (non-hydrogen) atoms. The summed E-state index contributed by atoms with van der Waals surface area (Å²) in [7, 11) is 0. The second-order valence-electron chi connectivity index (χ2n) is 4.32. The smallest absolute Gasteiger partial charge is 0.147 e. The first kappa shape index (κ1) is 25.1. The predicted molar refractivity (Wildman–Crippen MR) is 92.5 cm³/mol. The normalized spacial score (nSPS) is 13.7. The van der Waals surface area contributed by atoms with Crippen molar-refractivity contribution < 1.29 is 20.0 Å². The molecule has 0 unspecified atom stereocenters. The Labute approximate surface area is 149 Å². The van der Waals surface area contributed by atoms with Gasteiger partial charge in [0, 0.05) is 0 Å². The Kier molecular flexibility index (Phi) is 21.6. The SMILES string of the molecule is CCC1=[C-]CC=C1.CCC1=[C-]CC=C1.C[C](C)=[Ti+2].Cl.Cl. The third-order valence-corrected chi connectivity index (χ3v) is 2.29. The molecule has 112 valence electrons. The van der Waals surface area contributed by atoms with Gasteiger partial charge in [0.05, 0.1) is 0 Å². The molecule has 0 atom stereocenters. The molecule has 0 aliphatic heterocycles.